The molecule has 0 aliphatic carbocycles. The van der Waals surface area contributed by atoms with Crippen molar-refractivity contribution in [3.05, 3.63) is 64.8 Å². The molecule has 2 heterocycles. The van der Waals surface area contributed by atoms with Crippen molar-refractivity contribution in [3.8, 4) is 27.7 Å². The van der Waals surface area contributed by atoms with Gasteiger partial charge in [0.15, 0.2) is 11.5 Å². The van der Waals surface area contributed by atoms with Crippen LogP contribution in [0, 0.1) is 5.82 Å². The maximum Gasteiger partial charge on any atom is 0.264 e. The minimum absolute atomic E-state index is 0.0386. The Hall–Kier alpha value is -3.10. The second-order valence-electron chi connectivity index (χ2n) is 7.73. The predicted octanol–water partition coefficient (Wildman–Crippen LogP) is 4.54. The number of carbonyl (C=O) groups excluding carboxylic acids is 1. The van der Waals surface area contributed by atoms with Crippen LogP contribution in [0.1, 0.15) is 15.2 Å². The average Bonchev–Trinajstić information content (AvgIpc) is 3.34. The van der Waals surface area contributed by atoms with Crippen molar-refractivity contribution < 1.29 is 23.4 Å². The average molecular weight is 471 g/mol. The van der Waals surface area contributed by atoms with Crippen molar-refractivity contribution in [1.82, 2.24) is 9.80 Å². The number of benzene rings is 2. The zero-order valence-corrected chi connectivity index (χ0v) is 19.8. The molecule has 4 rings (SSSR count). The van der Waals surface area contributed by atoms with Crippen LogP contribution in [-0.2, 0) is 6.54 Å². The van der Waals surface area contributed by atoms with Crippen LogP contribution in [0.4, 0.5) is 4.39 Å². The van der Waals surface area contributed by atoms with Gasteiger partial charge in [0.1, 0.15) is 5.82 Å². The number of piperazine rings is 1. The molecule has 8 heteroatoms. The SMILES string of the molecule is COc1ccc(CN2CCN(C(=O)c3ccc(-c4ccc(F)cc4)s3)CC2)c(OC)c1OC. The number of hydrogen-bond acceptors (Lipinski definition) is 6. The summed E-state index contributed by atoms with van der Waals surface area (Å²) in [6.45, 7) is 3.52. The Morgan fingerprint density at radius 3 is 2.21 bits per heavy atom. The van der Waals surface area contributed by atoms with Crippen LogP contribution in [0.15, 0.2) is 48.5 Å². The summed E-state index contributed by atoms with van der Waals surface area (Å²) in [6.07, 6.45) is 0. The molecule has 0 saturated carbocycles. The minimum Gasteiger partial charge on any atom is -0.493 e. The second-order valence-corrected chi connectivity index (χ2v) is 8.82. The first-order valence-corrected chi connectivity index (χ1v) is 11.5. The molecule has 0 radical (unpaired) electrons. The molecule has 0 N–H and O–H groups in total. The van der Waals surface area contributed by atoms with Gasteiger partial charge in [-0.1, -0.05) is 18.2 Å². The third kappa shape index (κ3) is 4.96. The largest absolute Gasteiger partial charge is 0.493 e. The van der Waals surface area contributed by atoms with Crippen molar-refractivity contribution in [3.63, 3.8) is 0 Å². The lowest BCUT2D eigenvalue weighted by atomic mass is 10.1. The fourth-order valence-corrected chi connectivity index (χ4v) is 5.00. The molecule has 1 fully saturated rings. The van der Waals surface area contributed by atoms with Crippen molar-refractivity contribution in [1.29, 1.82) is 0 Å². The number of rotatable bonds is 7. The molecule has 0 spiro atoms. The molecule has 0 atom stereocenters. The van der Waals surface area contributed by atoms with E-state index in [1.54, 1.807) is 33.5 Å². The van der Waals surface area contributed by atoms with Crippen LogP contribution < -0.4 is 14.2 Å². The monoisotopic (exact) mass is 470 g/mol. The molecule has 1 aliphatic rings. The summed E-state index contributed by atoms with van der Waals surface area (Å²) in [5.41, 5.74) is 1.92. The lowest BCUT2D eigenvalue weighted by Gasteiger charge is -2.34. The Morgan fingerprint density at radius 2 is 1.58 bits per heavy atom. The number of nitrogens with zero attached hydrogens (tertiary/aromatic N) is 2. The smallest absolute Gasteiger partial charge is 0.264 e. The third-order valence-corrected chi connectivity index (χ3v) is 6.91. The van der Waals surface area contributed by atoms with E-state index in [-0.39, 0.29) is 11.7 Å². The highest BCUT2D eigenvalue weighted by Gasteiger charge is 2.25. The van der Waals surface area contributed by atoms with Crippen LogP contribution in [0.5, 0.6) is 17.2 Å². The Labute approximate surface area is 197 Å². The third-order valence-electron chi connectivity index (χ3n) is 5.78. The van der Waals surface area contributed by atoms with E-state index in [4.69, 9.17) is 14.2 Å². The van der Waals surface area contributed by atoms with Gasteiger partial charge in [-0.3, -0.25) is 9.69 Å². The molecule has 0 bridgehead atoms. The van der Waals surface area contributed by atoms with Gasteiger partial charge in [-0.15, -0.1) is 11.3 Å². The van der Waals surface area contributed by atoms with Gasteiger partial charge in [-0.25, -0.2) is 4.39 Å². The summed E-state index contributed by atoms with van der Waals surface area (Å²) in [6, 6.07) is 14.0. The molecule has 3 aromatic rings. The van der Waals surface area contributed by atoms with Crippen LogP contribution in [0.2, 0.25) is 0 Å². The first-order chi connectivity index (χ1) is 16.0. The molecule has 0 unspecified atom stereocenters. The fraction of sp³-hybridized carbons (Fsp3) is 0.320. The minimum atomic E-state index is -0.268. The maximum atomic E-state index is 13.2. The first kappa shape index (κ1) is 23.1. The Bertz CT molecular complexity index is 1110. The van der Waals surface area contributed by atoms with Crippen molar-refractivity contribution in [2.24, 2.45) is 0 Å². The highest BCUT2D eigenvalue weighted by atomic mass is 32.1. The Balaban J connectivity index is 1.38. The van der Waals surface area contributed by atoms with Gasteiger partial charge >= 0.3 is 0 Å². The van der Waals surface area contributed by atoms with Gasteiger partial charge < -0.3 is 19.1 Å². The summed E-state index contributed by atoms with van der Waals surface area (Å²) < 4.78 is 29.6. The van der Waals surface area contributed by atoms with Crippen LogP contribution in [0.25, 0.3) is 10.4 Å². The zero-order chi connectivity index (χ0) is 23.4. The highest BCUT2D eigenvalue weighted by molar-refractivity contribution is 7.17. The Kier molecular flexibility index (Phi) is 7.15. The van der Waals surface area contributed by atoms with Gasteiger partial charge in [0.05, 0.1) is 26.2 Å². The molecular formula is C25H27FN2O4S. The molecule has 2 aromatic carbocycles. The molecule has 174 valence electrons. The van der Waals surface area contributed by atoms with Gasteiger partial charge in [0, 0.05) is 43.2 Å². The molecule has 6 nitrogen and oxygen atoms in total. The van der Waals surface area contributed by atoms with Crippen LogP contribution in [-0.4, -0.2) is 63.2 Å². The number of amides is 1. The highest BCUT2D eigenvalue weighted by Crippen LogP contribution is 2.40. The van der Waals surface area contributed by atoms with Crippen molar-refractivity contribution in [2.75, 3.05) is 47.5 Å². The summed E-state index contributed by atoms with van der Waals surface area (Å²) >= 11 is 1.44. The molecule has 33 heavy (non-hydrogen) atoms. The molecular weight excluding hydrogens is 443 g/mol. The number of ether oxygens (including phenoxy) is 3. The zero-order valence-electron chi connectivity index (χ0n) is 19.0. The van der Waals surface area contributed by atoms with Gasteiger partial charge in [0.2, 0.25) is 5.75 Å². The number of hydrogen-bond donors (Lipinski definition) is 0. The predicted molar refractivity (Wildman–Crippen MR) is 127 cm³/mol. The second kappa shape index (κ2) is 10.2. The van der Waals surface area contributed by atoms with Crippen LogP contribution >= 0.6 is 11.3 Å². The van der Waals surface area contributed by atoms with Crippen LogP contribution in [0.3, 0.4) is 0 Å². The molecule has 1 amide bonds. The van der Waals surface area contributed by atoms with E-state index in [0.717, 1.165) is 29.1 Å². The number of thiophene rings is 1. The van der Waals surface area contributed by atoms with E-state index < -0.39 is 0 Å². The van der Waals surface area contributed by atoms with Crippen molar-refractivity contribution >= 4 is 17.2 Å². The van der Waals surface area contributed by atoms with E-state index in [1.807, 2.05) is 29.2 Å². The first-order valence-electron chi connectivity index (χ1n) is 10.7. The lowest BCUT2D eigenvalue weighted by Crippen LogP contribution is -2.48. The van der Waals surface area contributed by atoms with E-state index in [1.165, 1.54) is 23.5 Å². The standard InChI is InChI=1S/C25H27FN2O4S/c1-30-20-9-6-18(23(31-2)24(20)32-3)16-27-12-14-28(15-13-27)25(29)22-11-10-21(33-22)17-4-7-19(26)8-5-17/h4-11H,12-16H2,1-3H3. The summed E-state index contributed by atoms with van der Waals surface area (Å²) in [7, 11) is 4.82. The molecule has 1 aromatic heterocycles. The lowest BCUT2D eigenvalue weighted by molar-refractivity contribution is 0.0632. The topological polar surface area (TPSA) is 51.2 Å². The number of carbonyl (C=O) groups is 1. The summed E-state index contributed by atoms with van der Waals surface area (Å²) in [5.74, 6) is 1.65. The van der Waals surface area contributed by atoms with E-state index in [9.17, 15) is 9.18 Å². The quantitative estimate of drug-likeness (QED) is 0.508. The number of halogens is 1. The van der Waals surface area contributed by atoms with Gasteiger partial charge in [-0.2, -0.15) is 0 Å². The normalized spacial score (nSPS) is 14.2. The van der Waals surface area contributed by atoms with Gasteiger partial charge in [-0.05, 0) is 35.9 Å². The summed E-state index contributed by atoms with van der Waals surface area (Å²) in [5, 5.41) is 0. The maximum absolute atomic E-state index is 13.2. The van der Waals surface area contributed by atoms with Crippen molar-refractivity contribution in [2.45, 2.75) is 6.54 Å². The van der Waals surface area contributed by atoms with E-state index in [2.05, 4.69) is 4.90 Å². The van der Waals surface area contributed by atoms with Gasteiger partial charge in [0.25, 0.3) is 5.91 Å². The molecule has 1 saturated heterocycles. The number of methoxy groups -OCH3 is 3. The van der Waals surface area contributed by atoms with E-state index >= 15 is 0 Å². The Morgan fingerprint density at radius 1 is 0.879 bits per heavy atom. The fourth-order valence-electron chi connectivity index (χ4n) is 4.02. The molecule has 1 aliphatic heterocycles. The van der Waals surface area contributed by atoms with E-state index in [0.29, 0.717) is 41.8 Å². The summed E-state index contributed by atoms with van der Waals surface area (Å²) in [4.78, 5) is 18.9.